The largest absolute Gasteiger partial charge is 0.352 e. The van der Waals surface area contributed by atoms with E-state index in [0.29, 0.717) is 24.2 Å². The van der Waals surface area contributed by atoms with Crippen molar-refractivity contribution in [1.29, 1.82) is 0 Å². The van der Waals surface area contributed by atoms with Gasteiger partial charge < -0.3 is 10.6 Å². The summed E-state index contributed by atoms with van der Waals surface area (Å²) in [6.45, 7) is 3.19. The molecule has 5 heteroatoms. The van der Waals surface area contributed by atoms with E-state index in [0.717, 1.165) is 24.8 Å². The number of hydrogen-bond acceptors (Lipinski definition) is 3. The van der Waals surface area contributed by atoms with Crippen LogP contribution in [0.3, 0.4) is 0 Å². The molecule has 0 spiro atoms. The fourth-order valence-corrected chi connectivity index (χ4v) is 2.25. The van der Waals surface area contributed by atoms with E-state index in [1.54, 1.807) is 6.07 Å². The number of nitrogens with one attached hydrogen (secondary N) is 2. The van der Waals surface area contributed by atoms with Gasteiger partial charge in [0.25, 0.3) is 11.8 Å². The highest BCUT2D eigenvalue weighted by atomic mass is 16.2. The maximum absolute atomic E-state index is 12.2. The zero-order chi connectivity index (χ0) is 17.2. The van der Waals surface area contributed by atoms with Gasteiger partial charge in [0.1, 0.15) is 0 Å². The standard InChI is InChI=1S/C19H23N3O2/c1-2-3-7-10-21-18(23)16-11-17(14-20-13-16)19(24)22-12-15-8-5-4-6-9-15/h4-6,8-9,11,13-14H,2-3,7,10,12H2,1H3,(H,21,23)(H,22,24). The molecule has 126 valence electrons. The number of carbonyl (C=O) groups excluding carboxylic acids is 2. The minimum absolute atomic E-state index is 0.198. The lowest BCUT2D eigenvalue weighted by Gasteiger charge is -2.07. The number of pyridine rings is 1. The lowest BCUT2D eigenvalue weighted by Crippen LogP contribution is -2.26. The summed E-state index contributed by atoms with van der Waals surface area (Å²) in [4.78, 5) is 28.3. The van der Waals surface area contributed by atoms with Crippen LogP contribution in [-0.4, -0.2) is 23.3 Å². The molecule has 0 aliphatic rings. The SMILES string of the molecule is CCCCCNC(=O)c1cncc(C(=O)NCc2ccccc2)c1. The van der Waals surface area contributed by atoms with Gasteiger partial charge >= 0.3 is 0 Å². The van der Waals surface area contributed by atoms with Crippen LogP contribution < -0.4 is 10.6 Å². The molecule has 0 aliphatic heterocycles. The van der Waals surface area contributed by atoms with Crippen LogP contribution in [0.5, 0.6) is 0 Å². The molecule has 2 amide bonds. The number of amides is 2. The molecule has 0 saturated carbocycles. The number of unbranched alkanes of at least 4 members (excludes halogenated alkanes) is 2. The second-order valence-corrected chi connectivity index (χ2v) is 5.59. The lowest BCUT2D eigenvalue weighted by molar-refractivity contribution is 0.0950. The molecule has 1 heterocycles. The van der Waals surface area contributed by atoms with Crippen molar-refractivity contribution in [2.24, 2.45) is 0 Å². The first-order valence-electron chi connectivity index (χ1n) is 8.26. The van der Waals surface area contributed by atoms with Gasteiger partial charge in [0.2, 0.25) is 0 Å². The number of nitrogens with zero attached hydrogens (tertiary/aromatic N) is 1. The second-order valence-electron chi connectivity index (χ2n) is 5.59. The summed E-state index contributed by atoms with van der Waals surface area (Å²) in [6.07, 6.45) is 6.08. The second kappa shape index (κ2) is 9.45. The molecule has 0 atom stereocenters. The molecule has 0 fully saturated rings. The van der Waals surface area contributed by atoms with Gasteiger partial charge in [-0.05, 0) is 18.1 Å². The molecular weight excluding hydrogens is 302 g/mol. The van der Waals surface area contributed by atoms with Gasteiger partial charge in [0.05, 0.1) is 11.1 Å². The van der Waals surface area contributed by atoms with Crippen LogP contribution in [0.1, 0.15) is 52.5 Å². The van der Waals surface area contributed by atoms with E-state index >= 15 is 0 Å². The molecule has 1 aromatic carbocycles. The lowest BCUT2D eigenvalue weighted by atomic mass is 10.1. The van der Waals surface area contributed by atoms with Gasteiger partial charge in [-0.3, -0.25) is 14.6 Å². The van der Waals surface area contributed by atoms with E-state index in [-0.39, 0.29) is 11.8 Å². The van der Waals surface area contributed by atoms with Crippen LogP contribution >= 0.6 is 0 Å². The molecule has 0 aliphatic carbocycles. The molecule has 2 rings (SSSR count). The highest BCUT2D eigenvalue weighted by Crippen LogP contribution is 2.05. The third-order valence-corrected chi connectivity index (χ3v) is 3.62. The Morgan fingerprint density at radius 2 is 1.62 bits per heavy atom. The fourth-order valence-electron chi connectivity index (χ4n) is 2.25. The topological polar surface area (TPSA) is 71.1 Å². The Morgan fingerprint density at radius 1 is 0.958 bits per heavy atom. The van der Waals surface area contributed by atoms with Gasteiger partial charge in [-0.25, -0.2) is 0 Å². The Hall–Kier alpha value is -2.69. The van der Waals surface area contributed by atoms with E-state index in [9.17, 15) is 9.59 Å². The quantitative estimate of drug-likeness (QED) is 0.733. The highest BCUT2D eigenvalue weighted by molar-refractivity contribution is 5.99. The third kappa shape index (κ3) is 5.50. The molecule has 24 heavy (non-hydrogen) atoms. The van der Waals surface area contributed by atoms with E-state index < -0.39 is 0 Å². The fraction of sp³-hybridized carbons (Fsp3) is 0.316. The summed E-state index contributed by atoms with van der Waals surface area (Å²) in [5.41, 5.74) is 1.80. The molecule has 5 nitrogen and oxygen atoms in total. The highest BCUT2D eigenvalue weighted by Gasteiger charge is 2.11. The summed E-state index contributed by atoms with van der Waals surface area (Å²) in [5, 5.41) is 5.68. The predicted octanol–water partition coefficient (Wildman–Crippen LogP) is 2.93. The Bertz CT molecular complexity index is 671. The van der Waals surface area contributed by atoms with Crippen molar-refractivity contribution >= 4 is 11.8 Å². The Labute approximate surface area is 142 Å². The average Bonchev–Trinajstić information content (AvgIpc) is 2.64. The maximum Gasteiger partial charge on any atom is 0.253 e. The van der Waals surface area contributed by atoms with E-state index in [4.69, 9.17) is 0 Å². The van der Waals surface area contributed by atoms with Crippen molar-refractivity contribution in [3.05, 3.63) is 65.5 Å². The molecule has 0 saturated heterocycles. The molecule has 0 radical (unpaired) electrons. The maximum atomic E-state index is 12.2. The van der Waals surface area contributed by atoms with Crippen molar-refractivity contribution < 1.29 is 9.59 Å². The molecule has 0 unspecified atom stereocenters. The summed E-state index contributed by atoms with van der Waals surface area (Å²) in [6, 6.07) is 11.2. The first-order chi connectivity index (χ1) is 11.7. The average molecular weight is 325 g/mol. The van der Waals surface area contributed by atoms with Crippen molar-refractivity contribution in [1.82, 2.24) is 15.6 Å². The molecule has 0 bridgehead atoms. The van der Waals surface area contributed by atoms with E-state index in [1.165, 1.54) is 12.4 Å². The normalized spacial score (nSPS) is 10.2. The van der Waals surface area contributed by atoms with Crippen LogP contribution in [-0.2, 0) is 6.54 Å². The minimum atomic E-state index is -0.244. The van der Waals surface area contributed by atoms with Gasteiger partial charge in [0.15, 0.2) is 0 Å². The van der Waals surface area contributed by atoms with E-state index in [2.05, 4.69) is 22.5 Å². The van der Waals surface area contributed by atoms with Crippen LogP contribution in [0.25, 0.3) is 0 Å². The third-order valence-electron chi connectivity index (χ3n) is 3.62. The first-order valence-corrected chi connectivity index (χ1v) is 8.26. The number of benzene rings is 1. The summed E-state index contributed by atoms with van der Waals surface area (Å²) in [5.74, 6) is -0.441. The van der Waals surface area contributed by atoms with Crippen LogP contribution in [0.2, 0.25) is 0 Å². The minimum Gasteiger partial charge on any atom is -0.352 e. The van der Waals surface area contributed by atoms with E-state index in [1.807, 2.05) is 30.3 Å². The number of hydrogen-bond donors (Lipinski definition) is 2. The Kier molecular flexibility index (Phi) is 6.95. The number of rotatable bonds is 8. The summed E-state index contributed by atoms with van der Waals surface area (Å²) >= 11 is 0. The van der Waals surface area contributed by atoms with Gasteiger partial charge in [-0.15, -0.1) is 0 Å². The summed E-state index contributed by atoms with van der Waals surface area (Å²) < 4.78 is 0. The van der Waals surface area contributed by atoms with Crippen molar-refractivity contribution in [2.75, 3.05) is 6.54 Å². The Morgan fingerprint density at radius 3 is 2.29 bits per heavy atom. The molecule has 1 aromatic heterocycles. The zero-order valence-electron chi connectivity index (χ0n) is 13.9. The number of carbonyl (C=O) groups is 2. The van der Waals surface area contributed by atoms with Gasteiger partial charge in [-0.1, -0.05) is 50.1 Å². The van der Waals surface area contributed by atoms with Gasteiger partial charge in [-0.2, -0.15) is 0 Å². The van der Waals surface area contributed by atoms with Crippen LogP contribution in [0.4, 0.5) is 0 Å². The van der Waals surface area contributed by atoms with Crippen molar-refractivity contribution in [3.8, 4) is 0 Å². The number of aromatic nitrogens is 1. The predicted molar refractivity (Wildman–Crippen MR) is 93.7 cm³/mol. The first kappa shape index (κ1) is 17.7. The smallest absolute Gasteiger partial charge is 0.253 e. The zero-order valence-corrected chi connectivity index (χ0v) is 13.9. The van der Waals surface area contributed by atoms with Gasteiger partial charge in [0, 0.05) is 25.5 Å². The molecular formula is C19H23N3O2. The van der Waals surface area contributed by atoms with Crippen molar-refractivity contribution in [3.63, 3.8) is 0 Å². The van der Waals surface area contributed by atoms with Crippen molar-refractivity contribution in [2.45, 2.75) is 32.7 Å². The van der Waals surface area contributed by atoms with Crippen LogP contribution in [0, 0.1) is 0 Å². The molecule has 2 aromatic rings. The monoisotopic (exact) mass is 325 g/mol. The Balaban J connectivity index is 1.91. The molecule has 2 N–H and O–H groups in total. The van der Waals surface area contributed by atoms with Crippen LogP contribution in [0.15, 0.2) is 48.8 Å². The summed E-state index contributed by atoms with van der Waals surface area (Å²) in [7, 11) is 0.